The highest BCUT2D eigenvalue weighted by atomic mass is 32.2. The van der Waals surface area contributed by atoms with Gasteiger partial charge in [0, 0.05) is 5.75 Å². The first-order chi connectivity index (χ1) is 12.3. The number of carbonyl (C=O) groups excluding carboxylic acids is 2. The van der Waals surface area contributed by atoms with E-state index in [9.17, 15) is 46.5 Å². The summed E-state index contributed by atoms with van der Waals surface area (Å²) in [6.07, 6.45) is -9.33. The van der Waals surface area contributed by atoms with Crippen LogP contribution >= 0.6 is 11.8 Å². The maximum Gasteiger partial charge on any atom is 0.523 e. The Hall–Kier alpha value is -1.13. The quantitative estimate of drug-likeness (QED) is 0.259. The van der Waals surface area contributed by atoms with Crippen molar-refractivity contribution in [2.75, 3.05) is 12.4 Å². The van der Waals surface area contributed by atoms with Gasteiger partial charge in [-0.05, 0) is 6.92 Å². The molecular weight excluding hydrogens is 423 g/mol. The minimum Gasteiger partial charge on any atom is -0.464 e. The van der Waals surface area contributed by atoms with Crippen LogP contribution in [-0.2, 0) is 28.6 Å². The molecule has 0 aromatic heterocycles. The molecule has 2 fully saturated rings. The normalized spacial score (nSPS) is 34.9. The number of nitrogens with zero attached hydrogens (tertiary/aromatic N) is 1. The molecule has 0 aliphatic carbocycles. The molecular formula is C12H16F3NO9S2. The Labute approximate surface area is 155 Å². The van der Waals surface area contributed by atoms with E-state index in [2.05, 4.69) is 4.18 Å². The summed E-state index contributed by atoms with van der Waals surface area (Å²) in [5.41, 5.74) is -5.90. The highest BCUT2D eigenvalue weighted by Crippen LogP contribution is 2.38. The standard InChI is InChI=1S/C12H16F3NO9S2/c1-2-24-11(21)4-3-26-10-7(19)5(17)6(18)8(9(20)16(4)10)25-27(22,23)12(13,14)15/h4-8,10,17-19H,2-3H2,1H3/t4-,5-,6-,7+,8-,10+/m0/s1. The Balaban J connectivity index is 2.43. The molecule has 10 nitrogen and oxygen atoms in total. The van der Waals surface area contributed by atoms with Crippen LogP contribution in [0.5, 0.6) is 0 Å². The Morgan fingerprint density at radius 2 is 1.85 bits per heavy atom. The van der Waals surface area contributed by atoms with Crippen LogP contribution < -0.4 is 0 Å². The molecule has 0 aromatic rings. The van der Waals surface area contributed by atoms with Crippen molar-refractivity contribution in [3.63, 3.8) is 0 Å². The summed E-state index contributed by atoms with van der Waals surface area (Å²) >= 11 is 0.801. The fourth-order valence-corrected chi connectivity index (χ4v) is 4.65. The summed E-state index contributed by atoms with van der Waals surface area (Å²) in [6.45, 7) is 1.38. The number of aliphatic hydroxyl groups is 3. The minimum atomic E-state index is -6.32. The van der Waals surface area contributed by atoms with Gasteiger partial charge >= 0.3 is 21.6 Å². The van der Waals surface area contributed by atoms with Crippen LogP contribution in [-0.4, -0.2) is 94.2 Å². The molecule has 2 rings (SSSR count). The number of alkyl halides is 3. The van der Waals surface area contributed by atoms with Gasteiger partial charge in [-0.15, -0.1) is 11.8 Å². The summed E-state index contributed by atoms with van der Waals surface area (Å²) in [5.74, 6) is -2.59. The van der Waals surface area contributed by atoms with Crippen molar-refractivity contribution in [1.29, 1.82) is 0 Å². The topological polar surface area (TPSA) is 151 Å². The number of fused-ring (bicyclic) bond motifs is 1. The lowest BCUT2D eigenvalue weighted by Crippen LogP contribution is -2.53. The second-order valence-electron chi connectivity index (χ2n) is 5.63. The van der Waals surface area contributed by atoms with E-state index < -0.39 is 63.3 Å². The molecule has 0 radical (unpaired) electrons. The van der Waals surface area contributed by atoms with Crippen molar-refractivity contribution in [3.8, 4) is 0 Å². The van der Waals surface area contributed by atoms with Crippen molar-refractivity contribution in [3.05, 3.63) is 0 Å². The molecule has 2 heterocycles. The SMILES string of the molecule is CCOC(=O)[C@@H]1CS[C@@H]2[C@H](O)[C@@H](O)[C@H](O)[C@H](OS(=O)(=O)C(F)(F)F)C(=O)N21. The number of thioether (sulfide) groups is 1. The monoisotopic (exact) mass is 439 g/mol. The van der Waals surface area contributed by atoms with E-state index in [-0.39, 0.29) is 12.4 Å². The number of halogens is 3. The van der Waals surface area contributed by atoms with E-state index >= 15 is 0 Å². The lowest BCUT2D eigenvalue weighted by atomic mass is 10.1. The smallest absolute Gasteiger partial charge is 0.464 e. The number of aliphatic hydroxyl groups excluding tert-OH is 3. The molecule has 0 unspecified atom stereocenters. The Kier molecular flexibility index (Phi) is 6.33. The minimum absolute atomic E-state index is 0.0805. The van der Waals surface area contributed by atoms with Gasteiger partial charge in [-0.25, -0.2) is 8.98 Å². The number of amides is 1. The van der Waals surface area contributed by atoms with Crippen LogP contribution in [0.1, 0.15) is 6.92 Å². The predicted octanol–water partition coefficient (Wildman–Crippen LogP) is -1.85. The number of esters is 1. The second-order valence-corrected chi connectivity index (χ2v) is 8.34. The highest BCUT2D eigenvalue weighted by molar-refractivity contribution is 8.00. The number of rotatable bonds is 4. The summed E-state index contributed by atoms with van der Waals surface area (Å²) in [7, 11) is -6.32. The Morgan fingerprint density at radius 3 is 2.37 bits per heavy atom. The van der Waals surface area contributed by atoms with Gasteiger partial charge in [0.2, 0.25) is 0 Å². The molecule has 2 aliphatic heterocycles. The van der Waals surface area contributed by atoms with Gasteiger partial charge in [-0.2, -0.15) is 21.6 Å². The van der Waals surface area contributed by atoms with Gasteiger partial charge in [0.1, 0.15) is 29.7 Å². The average molecular weight is 439 g/mol. The maximum absolute atomic E-state index is 12.6. The summed E-state index contributed by atoms with van der Waals surface area (Å²) in [5, 5.41) is 28.6. The zero-order valence-corrected chi connectivity index (χ0v) is 15.2. The van der Waals surface area contributed by atoms with Gasteiger partial charge in [-0.3, -0.25) is 4.79 Å². The summed E-state index contributed by atoms with van der Waals surface area (Å²) in [6, 6.07) is -1.38. The summed E-state index contributed by atoms with van der Waals surface area (Å²) in [4.78, 5) is 25.2. The average Bonchev–Trinajstić information content (AvgIpc) is 2.99. The first-order valence-corrected chi connectivity index (χ1v) is 9.93. The van der Waals surface area contributed by atoms with Crippen LogP contribution in [0.15, 0.2) is 0 Å². The first-order valence-electron chi connectivity index (χ1n) is 7.47. The third-order valence-corrected chi connectivity index (χ3v) is 6.29. The van der Waals surface area contributed by atoms with Gasteiger partial charge < -0.3 is 25.0 Å². The van der Waals surface area contributed by atoms with Crippen molar-refractivity contribution >= 4 is 33.8 Å². The fourth-order valence-electron chi connectivity index (χ4n) is 2.62. The number of hydrogen-bond acceptors (Lipinski definition) is 10. The van der Waals surface area contributed by atoms with E-state index in [0.717, 1.165) is 11.8 Å². The lowest BCUT2D eigenvalue weighted by molar-refractivity contribution is -0.158. The van der Waals surface area contributed by atoms with Gasteiger partial charge in [-0.1, -0.05) is 0 Å². The highest BCUT2D eigenvalue weighted by Gasteiger charge is 2.58. The van der Waals surface area contributed by atoms with Gasteiger partial charge in [0.05, 0.1) is 6.61 Å². The third kappa shape index (κ3) is 4.02. The molecule has 0 saturated carbocycles. The molecule has 0 bridgehead atoms. The number of hydrogen-bond donors (Lipinski definition) is 3. The van der Waals surface area contributed by atoms with Crippen LogP contribution in [0.2, 0.25) is 0 Å². The number of ether oxygens (including phenoxy) is 1. The Bertz CT molecular complexity index is 701. The van der Waals surface area contributed by atoms with E-state index in [1.165, 1.54) is 6.92 Å². The van der Waals surface area contributed by atoms with Crippen LogP contribution in [0.25, 0.3) is 0 Å². The van der Waals surface area contributed by atoms with Crippen molar-refractivity contribution in [2.24, 2.45) is 0 Å². The van der Waals surface area contributed by atoms with E-state index in [1.807, 2.05) is 0 Å². The predicted molar refractivity (Wildman–Crippen MR) is 81.4 cm³/mol. The molecule has 15 heteroatoms. The van der Waals surface area contributed by atoms with Crippen molar-refractivity contribution in [1.82, 2.24) is 4.90 Å². The van der Waals surface area contributed by atoms with Crippen molar-refractivity contribution in [2.45, 2.75) is 48.3 Å². The molecule has 0 spiro atoms. The van der Waals surface area contributed by atoms with E-state index in [4.69, 9.17) is 4.74 Å². The Morgan fingerprint density at radius 1 is 1.26 bits per heavy atom. The first kappa shape index (κ1) is 22.2. The third-order valence-electron chi connectivity index (χ3n) is 3.91. The molecule has 1 amide bonds. The summed E-state index contributed by atoms with van der Waals surface area (Å²) < 4.78 is 68.8. The molecule has 156 valence electrons. The van der Waals surface area contributed by atoms with Crippen LogP contribution in [0.3, 0.4) is 0 Å². The van der Waals surface area contributed by atoms with Gasteiger partial charge in [0.15, 0.2) is 6.10 Å². The van der Waals surface area contributed by atoms with Crippen molar-refractivity contribution < 1.29 is 55.4 Å². The molecule has 2 saturated heterocycles. The molecule has 3 N–H and O–H groups in total. The number of carbonyl (C=O) groups is 2. The van der Waals surface area contributed by atoms with Crippen LogP contribution in [0.4, 0.5) is 13.2 Å². The van der Waals surface area contributed by atoms with Crippen LogP contribution in [0, 0.1) is 0 Å². The second kappa shape index (κ2) is 7.71. The molecule has 27 heavy (non-hydrogen) atoms. The zero-order chi connectivity index (χ0) is 20.7. The largest absolute Gasteiger partial charge is 0.523 e. The van der Waals surface area contributed by atoms with Gasteiger partial charge in [0.25, 0.3) is 5.91 Å². The molecule has 6 atom stereocenters. The molecule has 2 aliphatic rings. The molecule has 0 aromatic carbocycles. The van der Waals surface area contributed by atoms with E-state index in [1.54, 1.807) is 0 Å². The lowest BCUT2D eigenvalue weighted by Gasteiger charge is -2.29. The fraction of sp³-hybridized carbons (Fsp3) is 0.833. The maximum atomic E-state index is 12.6. The zero-order valence-electron chi connectivity index (χ0n) is 13.6. The van der Waals surface area contributed by atoms with E-state index in [0.29, 0.717) is 4.90 Å².